The number of amides is 4. The first-order valence-corrected chi connectivity index (χ1v) is 33.4. The number of nitrogens with one attached hydrogen (secondary N) is 4. The smallest absolute Gasteiger partial charge is 0.407 e. The van der Waals surface area contributed by atoms with E-state index in [1.54, 1.807) is 45.7 Å². The standard InChI is InChI=1S/C58H72N10O10S4/c1-37-9-13-41-14-12-39(32-46(41)42-17-21-44(22-18-42)50-34-60-54(62-50)52-36-66(82(8,75)76)26-28-68(52)56(70)48(24-30-80-6)64-58(72)78-4)11-10-38(2)45(31-37)40-15-19-43(20-16-40)49-33-59-53(61-49)51-35-65(81(7,73)74)25-27-67(51)55(69)47(23-29-79-5)63-57(71)77-3/h12,14-22,31-34,47-48,51-52H,1-2,9-11,13,23-30,35-36H2,3-8H3,(H,59,61)(H,60,62)(H,63,71)(H,64,72)/b45-31+/t47-,48-,51-,52-/m0/s1. The van der Waals surface area contributed by atoms with Crippen molar-refractivity contribution in [3.63, 3.8) is 0 Å². The fourth-order valence-electron chi connectivity index (χ4n) is 10.5. The molecule has 4 amide bonds. The number of rotatable bonds is 18. The fourth-order valence-corrected chi connectivity index (χ4v) is 13.1. The molecule has 0 saturated carbocycles. The molecule has 2 aliphatic carbocycles. The molecule has 2 fully saturated rings. The summed E-state index contributed by atoms with van der Waals surface area (Å²) < 4.78 is 63.4. The maximum absolute atomic E-state index is 14.1. The van der Waals surface area contributed by atoms with Gasteiger partial charge in [-0.3, -0.25) is 9.59 Å². The van der Waals surface area contributed by atoms with Crippen LogP contribution >= 0.6 is 23.5 Å². The number of aromatic nitrogens is 4. The summed E-state index contributed by atoms with van der Waals surface area (Å²) in [5.41, 5.74) is 11.4. The van der Waals surface area contributed by atoms with Gasteiger partial charge in [-0.2, -0.15) is 32.1 Å². The summed E-state index contributed by atoms with van der Waals surface area (Å²) in [5, 5.41) is 5.33. The van der Waals surface area contributed by atoms with Gasteiger partial charge in [0.05, 0.1) is 50.5 Å². The summed E-state index contributed by atoms with van der Waals surface area (Å²) in [6.45, 7) is 9.48. The van der Waals surface area contributed by atoms with Crippen molar-refractivity contribution in [3.8, 4) is 33.6 Å². The number of piperazine rings is 2. The average molecular weight is 1200 g/mol. The molecule has 2 aliphatic heterocycles. The molecule has 0 spiro atoms. The van der Waals surface area contributed by atoms with Gasteiger partial charge in [-0.15, -0.1) is 0 Å². The van der Waals surface area contributed by atoms with Gasteiger partial charge in [0.25, 0.3) is 0 Å². The van der Waals surface area contributed by atoms with Gasteiger partial charge in [0.15, 0.2) is 0 Å². The predicted molar refractivity (Wildman–Crippen MR) is 323 cm³/mol. The summed E-state index contributed by atoms with van der Waals surface area (Å²) in [6.07, 6.45) is 13.7. The molecule has 4 heterocycles. The van der Waals surface area contributed by atoms with Crippen LogP contribution in [0.25, 0.3) is 39.2 Å². The number of hydrogen-bond acceptors (Lipinski definition) is 14. The number of alkyl carbamates (subject to hydrolysis) is 2. The van der Waals surface area contributed by atoms with Gasteiger partial charge < -0.3 is 39.9 Å². The molecule has 5 aromatic rings. The third-order valence-electron chi connectivity index (χ3n) is 15.1. The lowest BCUT2D eigenvalue weighted by atomic mass is 9.87. The lowest BCUT2D eigenvalue weighted by Gasteiger charge is -2.40. The Morgan fingerprint density at radius 1 is 0.646 bits per heavy atom. The Morgan fingerprint density at radius 3 is 1.56 bits per heavy atom. The number of ether oxygens (including phenoxy) is 2. The molecule has 0 unspecified atom stereocenters. The second-order valence-electron chi connectivity index (χ2n) is 20.6. The van der Waals surface area contributed by atoms with E-state index in [9.17, 15) is 36.0 Å². The number of imidazole rings is 2. The molecule has 438 valence electrons. The van der Waals surface area contributed by atoms with Crippen molar-refractivity contribution in [2.45, 2.75) is 62.7 Å². The average Bonchev–Trinajstić information content (AvgIpc) is 4.32. The van der Waals surface area contributed by atoms with Crippen LogP contribution in [0.5, 0.6) is 0 Å². The van der Waals surface area contributed by atoms with Gasteiger partial charge in [0.2, 0.25) is 31.9 Å². The third-order valence-corrected chi connectivity index (χ3v) is 19.0. The Morgan fingerprint density at radius 2 is 1.11 bits per heavy atom. The van der Waals surface area contributed by atoms with E-state index in [2.05, 4.69) is 75.2 Å². The van der Waals surface area contributed by atoms with Gasteiger partial charge in [0, 0.05) is 39.3 Å². The van der Waals surface area contributed by atoms with Gasteiger partial charge in [-0.1, -0.05) is 91.5 Å². The number of carbonyl (C=O) groups excluding carboxylic acids is 4. The first kappa shape index (κ1) is 61.4. The first-order valence-electron chi connectivity index (χ1n) is 26.9. The van der Waals surface area contributed by atoms with Crippen molar-refractivity contribution in [2.75, 3.05) is 90.0 Å². The molecule has 24 heteroatoms. The van der Waals surface area contributed by atoms with Crippen LogP contribution < -0.4 is 10.6 Å². The normalized spacial score (nSPS) is 19.1. The minimum atomic E-state index is -3.59. The molecule has 82 heavy (non-hydrogen) atoms. The number of H-pyrrole nitrogens is 2. The van der Waals surface area contributed by atoms with Crippen molar-refractivity contribution >= 4 is 73.1 Å². The zero-order chi connectivity index (χ0) is 58.9. The SMILES string of the molecule is C=C1/C=C(/c2ccc(-c3cnc([C@@H]4CN(S(C)(=O)=O)CCN4C(=O)[C@H](CCSC)NC(=O)OC)[nH]3)cc2)C(=C)CCc2ccc(c(-c3ccc(-c4cnc([C@@H]5CN(S(C)(=O)=O)CCN5C(=O)[C@H](CCSC)NC(=O)OC)[nH]4)cc3)c2)CC1. The maximum atomic E-state index is 14.1. The summed E-state index contributed by atoms with van der Waals surface area (Å²) in [4.78, 5) is 72.1. The Balaban J connectivity index is 0.972. The summed E-state index contributed by atoms with van der Waals surface area (Å²) in [6, 6.07) is 19.6. The number of sulfonamides is 2. The van der Waals surface area contributed by atoms with Crippen LogP contribution in [-0.4, -0.2) is 181 Å². The van der Waals surface area contributed by atoms with E-state index >= 15 is 0 Å². The number of aryl methyl sites for hydroxylation is 2. The first-order chi connectivity index (χ1) is 39.2. The van der Waals surface area contributed by atoms with E-state index in [1.165, 1.54) is 28.4 Å². The number of allylic oxidation sites excluding steroid dienone is 4. The number of aromatic amines is 2. The van der Waals surface area contributed by atoms with E-state index in [1.807, 2.05) is 48.9 Å². The lowest BCUT2D eigenvalue weighted by Crippen LogP contribution is -2.57. The van der Waals surface area contributed by atoms with Crippen LogP contribution in [0, 0.1) is 0 Å². The lowest BCUT2D eigenvalue weighted by molar-refractivity contribution is -0.138. The zero-order valence-corrected chi connectivity index (χ0v) is 50.4. The Labute approximate surface area is 489 Å². The molecule has 2 aromatic heterocycles. The summed E-state index contributed by atoms with van der Waals surface area (Å²) >= 11 is 3.08. The van der Waals surface area contributed by atoms with Crippen LogP contribution in [0.3, 0.4) is 0 Å². The van der Waals surface area contributed by atoms with Gasteiger partial charge in [-0.05, 0) is 113 Å². The molecule has 9 rings (SSSR count). The minimum Gasteiger partial charge on any atom is -0.453 e. The van der Waals surface area contributed by atoms with Crippen molar-refractivity contribution in [3.05, 3.63) is 138 Å². The number of benzene rings is 3. The van der Waals surface area contributed by atoms with E-state index in [0.717, 1.165) is 75.5 Å². The quantitative estimate of drug-likeness (QED) is 0.0665. The zero-order valence-electron chi connectivity index (χ0n) is 47.1. The van der Waals surface area contributed by atoms with Crippen LogP contribution in [-0.2, 0) is 52.0 Å². The second kappa shape index (κ2) is 27.1. The number of fused-ring (bicyclic) bond motifs is 8. The molecule has 20 nitrogen and oxygen atoms in total. The highest BCUT2D eigenvalue weighted by atomic mass is 32.2. The van der Waals surface area contributed by atoms with Crippen LogP contribution in [0.15, 0.2) is 110 Å². The number of methoxy groups -OCH3 is 2. The van der Waals surface area contributed by atoms with Crippen molar-refractivity contribution in [2.24, 2.45) is 0 Å². The largest absolute Gasteiger partial charge is 0.453 e. The van der Waals surface area contributed by atoms with Crippen LogP contribution in [0.1, 0.15) is 66.1 Å². The number of hydrogen-bond donors (Lipinski definition) is 4. The van der Waals surface area contributed by atoms with E-state index in [0.29, 0.717) is 60.2 Å². The van der Waals surface area contributed by atoms with Crippen molar-refractivity contribution in [1.29, 1.82) is 0 Å². The van der Waals surface area contributed by atoms with E-state index < -0.39 is 56.4 Å². The number of thioether (sulfide) groups is 2. The van der Waals surface area contributed by atoms with Gasteiger partial charge in [0.1, 0.15) is 35.8 Å². The van der Waals surface area contributed by atoms with Gasteiger partial charge in [-0.25, -0.2) is 36.4 Å². The predicted octanol–water partition coefficient (Wildman–Crippen LogP) is 7.45. The molecular formula is C58H72N10O10S4. The molecule has 4 aliphatic rings. The Bertz CT molecular complexity index is 3420. The molecule has 2 bridgehead atoms. The minimum absolute atomic E-state index is 0.00578. The second-order valence-corrected chi connectivity index (χ2v) is 26.5. The highest BCUT2D eigenvalue weighted by molar-refractivity contribution is 7.98. The fraction of sp³-hybridized carbons (Fsp3) is 0.414. The maximum Gasteiger partial charge on any atom is 0.407 e. The summed E-state index contributed by atoms with van der Waals surface area (Å²) in [5.74, 6) is 1.36. The van der Waals surface area contributed by atoms with Crippen LogP contribution in [0.4, 0.5) is 9.59 Å². The molecule has 4 atom stereocenters. The molecule has 2 saturated heterocycles. The molecule has 3 aromatic carbocycles. The summed E-state index contributed by atoms with van der Waals surface area (Å²) in [7, 11) is -4.71. The van der Waals surface area contributed by atoms with E-state index in [4.69, 9.17) is 14.5 Å². The molecule has 0 radical (unpaired) electrons. The van der Waals surface area contributed by atoms with E-state index in [-0.39, 0.29) is 51.1 Å². The Kier molecular flexibility index (Phi) is 20.3. The highest BCUT2D eigenvalue weighted by Crippen LogP contribution is 2.36. The monoisotopic (exact) mass is 1200 g/mol. The third kappa shape index (κ3) is 14.9. The van der Waals surface area contributed by atoms with Crippen molar-refractivity contribution in [1.82, 2.24) is 49.0 Å². The number of carbonyl (C=O) groups is 4. The topological polar surface area (TPSA) is 249 Å². The molecule has 4 N–H and O–H groups in total. The van der Waals surface area contributed by atoms with Crippen molar-refractivity contribution < 1.29 is 45.5 Å². The van der Waals surface area contributed by atoms with Gasteiger partial charge >= 0.3 is 12.2 Å². The highest BCUT2D eigenvalue weighted by Gasteiger charge is 2.41. The molecular weight excluding hydrogens is 1120 g/mol. The number of nitrogens with zero attached hydrogens (tertiary/aromatic N) is 6. The van der Waals surface area contributed by atoms with Crippen LogP contribution in [0.2, 0.25) is 0 Å². The Hall–Kier alpha value is -6.70.